The Morgan fingerprint density at radius 3 is 2.60 bits per heavy atom. The summed E-state index contributed by atoms with van der Waals surface area (Å²) in [5.41, 5.74) is 5.83. The number of sulfone groups is 1. The normalized spacial score (nSPS) is 41.9. The molecule has 2 aliphatic rings. The van der Waals surface area contributed by atoms with Gasteiger partial charge in [0.1, 0.15) is 0 Å². The van der Waals surface area contributed by atoms with E-state index in [1.54, 1.807) is 0 Å². The zero-order chi connectivity index (χ0) is 11.1. The van der Waals surface area contributed by atoms with Crippen LogP contribution in [0.3, 0.4) is 0 Å². The van der Waals surface area contributed by atoms with E-state index < -0.39 is 15.9 Å². The van der Waals surface area contributed by atoms with Crippen molar-refractivity contribution in [1.29, 1.82) is 0 Å². The fraction of sp³-hybridized carbons (Fsp3) is 1.00. The van der Waals surface area contributed by atoms with Crippen LogP contribution in [-0.2, 0) is 9.84 Å². The summed E-state index contributed by atoms with van der Waals surface area (Å²) in [4.78, 5) is 2.03. The lowest BCUT2D eigenvalue weighted by Gasteiger charge is -2.35. The van der Waals surface area contributed by atoms with Crippen molar-refractivity contribution in [3.05, 3.63) is 0 Å². The van der Waals surface area contributed by atoms with Crippen molar-refractivity contribution < 1.29 is 13.5 Å². The molecule has 0 aliphatic carbocycles. The van der Waals surface area contributed by atoms with E-state index in [9.17, 15) is 13.5 Å². The summed E-state index contributed by atoms with van der Waals surface area (Å²) in [5.74, 6) is -0.00963. The Hall–Kier alpha value is -0.170. The summed E-state index contributed by atoms with van der Waals surface area (Å²) in [5, 5.41) is 9.70. The number of piperidine rings is 1. The highest BCUT2D eigenvalue weighted by molar-refractivity contribution is 7.91. The van der Waals surface area contributed by atoms with Gasteiger partial charge in [0.05, 0.1) is 23.7 Å². The lowest BCUT2D eigenvalue weighted by Crippen LogP contribution is -2.51. The van der Waals surface area contributed by atoms with E-state index in [1.807, 2.05) is 4.90 Å². The van der Waals surface area contributed by atoms with Crippen LogP contribution < -0.4 is 5.73 Å². The Morgan fingerprint density at radius 1 is 1.33 bits per heavy atom. The zero-order valence-corrected chi connectivity index (χ0v) is 9.49. The molecule has 3 atom stereocenters. The first-order chi connectivity index (χ1) is 6.98. The summed E-state index contributed by atoms with van der Waals surface area (Å²) < 4.78 is 22.7. The van der Waals surface area contributed by atoms with Crippen LogP contribution in [0.15, 0.2) is 0 Å². The van der Waals surface area contributed by atoms with E-state index >= 15 is 0 Å². The second-order valence-electron chi connectivity index (χ2n) is 4.61. The van der Waals surface area contributed by atoms with E-state index in [-0.39, 0.29) is 23.6 Å². The van der Waals surface area contributed by atoms with Crippen LogP contribution in [0.2, 0.25) is 0 Å². The Balaban J connectivity index is 2.04. The predicted octanol–water partition coefficient (Wildman–Crippen LogP) is -1.43. The van der Waals surface area contributed by atoms with Gasteiger partial charge in [0, 0.05) is 12.6 Å². The van der Waals surface area contributed by atoms with Gasteiger partial charge in [-0.05, 0) is 19.4 Å². The molecule has 2 fully saturated rings. The molecule has 6 heteroatoms. The standard InChI is InChI=1S/C9H18N2O3S/c10-7-2-1-3-11(4-7)8-5-15(13,14)6-9(8)12/h7-9,12H,1-6,10H2/t7-,8?,9?/m1/s1. The summed E-state index contributed by atoms with van der Waals surface area (Å²) in [6, 6.07) is -0.115. The molecule has 2 unspecified atom stereocenters. The van der Waals surface area contributed by atoms with Crippen molar-refractivity contribution in [3.63, 3.8) is 0 Å². The van der Waals surface area contributed by atoms with Gasteiger partial charge in [0.15, 0.2) is 9.84 Å². The highest BCUT2D eigenvalue weighted by atomic mass is 32.2. The molecule has 88 valence electrons. The van der Waals surface area contributed by atoms with Crippen LogP contribution in [0.25, 0.3) is 0 Å². The number of aliphatic hydroxyl groups is 1. The van der Waals surface area contributed by atoms with Gasteiger partial charge >= 0.3 is 0 Å². The molecule has 2 aliphatic heterocycles. The Labute approximate surface area is 90.2 Å². The molecule has 0 bridgehead atoms. The van der Waals surface area contributed by atoms with Gasteiger partial charge in [-0.15, -0.1) is 0 Å². The number of hydrogen-bond donors (Lipinski definition) is 2. The predicted molar refractivity (Wildman–Crippen MR) is 57.2 cm³/mol. The van der Waals surface area contributed by atoms with Crippen molar-refractivity contribution in [2.75, 3.05) is 24.6 Å². The summed E-state index contributed by atoms with van der Waals surface area (Å²) >= 11 is 0. The number of nitrogens with zero attached hydrogens (tertiary/aromatic N) is 1. The monoisotopic (exact) mass is 234 g/mol. The van der Waals surface area contributed by atoms with Gasteiger partial charge in [0.25, 0.3) is 0 Å². The third-order valence-corrected chi connectivity index (χ3v) is 4.95. The van der Waals surface area contributed by atoms with E-state index in [0.29, 0.717) is 6.54 Å². The number of aliphatic hydroxyl groups excluding tert-OH is 1. The molecule has 5 nitrogen and oxygen atoms in total. The van der Waals surface area contributed by atoms with Crippen molar-refractivity contribution in [3.8, 4) is 0 Å². The van der Waals surface area contributed by atoms with Crippen LogP contribution in [0.1, 0.15) is 12.8 Å². The Morgan fingerprint density at radius 2 is 2.07 bits per heavy atom. The maximum absolute atomic E-state index is 11.4. The zero-order valence-electron chi connectivity index (χ0n) is 8.67. The minimum atomic E-state index is -3.04. The summed E-state index contributed by atoms with van der Waals surface area (Å²) in [6.45, 7) is 1.56. The third kappa shape index (κ3) is 2.50. The molecule has 2 rings (SSSR count). The average molecular weight is 234 g/mol. The maximum atomic E-state index is 11.4. The van der Waals surface area contributed by atoms with Crippen LogP contribution in [-0.4, -0.2) is 61.2 Å². The van der Waals surface area contributed by atoms with Gasteiger partial charge in [-0.2, -0.15) is 0 Å². The molecule has 0 aromatic rings. The second-order valence-corrected chi connectivity index (χ2v) is 6.76. The number of nitrogens with two attached hydrogens (primary N) is 1. The van der Waals surface area contributed by atoms with Crippen molar-refractivity contribution in [2.45, 2.75) is 31.0 Å². The van der Waals surface area contributed by atoms with Crippen LogP contribution in [0.5, 0.6) is 0 Å². The highest BCUT2D eigenvalue weighted by Gasteiger charge is 2.40. The van der Waals surface area contributed by atoms with Gasteiger partial charge in [-0.1, -0.05) is 0 Å². The molecule has 0 amide bonds. The molecule has 0 spiro atoms. The lowest BCUT2D eigenvalue weighted by molar-refractivity contribution is 0.0653. The van der Waals surface area contributed by atoms with Crippen LogP contribution in [0, 0.1) is 0 Å². The molecule has 3 N–H and O–H groups in total. The van der Waals surface area contributed by atoms with E-state index in [2.05, 4.69) is 0 Å². The number of likely N-dealkylation sites (tertiary alicyclic amines) is 1. The quantitative estimate of drug-likeness (QED) is 0.581. The second kappa shape index (κ2) is 4.01. The SMILES string of the molecule is N[C@@H]1CCCN(C2CS(=O)(=O)CC2O)C1. The first-order valence-electron chi connectivity index (χ1n) is 5.36. The first-order valence-corrected chi connectivity index (χ1v) is 7.18. The Kier molecular flexibility index (Phi) is 3.03. The molecule has 2 saturated heterocycles. The highest BCUT2D eigenvalue weighted by Crippen LogP contribution is 2.21. The topological polar surface area (TPSA) is 83.6 Å². The maximum Gasteiger partial charge on any atom is 0.154 e. The minimum Gasteiger partial charge on any atom is -0.390 e. The van der Waals surface area contributed by atoms with E-state index in [4.69, 9.17) is 5.73 Å². The number of hydrogen-bond acceptors (Lipinski definition) is 5. The third-order valence-electron chi connectivity index (χ3n) is 3.25. The largest absolute Gasteiger partial charge is 0.390 e. The molecule has 0 saturated carbocycles. The summed E-state index contributed by atoms with van der Waals surface area (Å²) in [7, 11) is -3.04. The molecule has 15 heavy (non-hydrogen) atoms. The molecule has 0 aromatic carbocycles. The lowest BCUT2D eigenvalue weighted by atomic mass is 10.0. The number of rotatable bonds is 1. The molecule has 2 heterocycles. The van der Waals surface area contributed by atoms with Gasteiger partial charge in [-0.3, -0.25) is 4.90 Å². The summed E-state index contributed by atoms with van der Waals surface area (Å²) in [6.07, 6.45) is 1.25. The molecule has 0 radical (unpaired) electrons. The van der Waals surface area contributed by atoms with Gasteiger partial charge < -0.3 is 10.8 Å². The Bertz CT molecular complexity index is 330. The fourth-order valence-corrected chi connectivity index (χ4v) is 4.33. The van der Waals surface area contributed by atoms with Crippen molar-refractivity contribution in [1.82, 2.24) is 4.90 Å². The van der Waals surface area contributed by atoms with Gasteiger partial charge in [0.2, 0.25) is 0 Å². The molecular weight excluding hydrogens is 216 g/mol. The van der Waals surface area contributed by atoms with E-state index in [1.165, 1.54) is 0 Å². The van der Waals surface area contributed by atoms with Crippen LogP contribution >= 0.6 is 0 Å². The van der Waals surface area contributed by atoms with Crippen LogP contribution in [0.4, 0.5) is 0 Å². The van der Waals surface area contributed by atoms with Crippen molar-refractivity contribution in [2.24, 2.45) is 5.73 Å². The molecular formula is C9H18N2O3S. The minimum absolute atomic E-state index is 0.0842. The average Bonchev–Trinajstić information content (AvgIpc) is 2.40. The van der Waals surface area contributed by atoms with E-state index in [0.717, 1.165) is 19.4 Å². The fourth-order valence-electron chi connectivity index (χ4n) is 2.50. The smallest absolute Gasteiger partial charge is 0.154 e. The van der Waals surface area contributed by atoms with Gasteiger partial charge in [-0.25, -0.2) is 8.42 Å². The first kappa shape index (κ1) is 11.3. The molecule has 0 aromatic heterocycles. The van der Waals surface area contributed by atoms with Crippen molar-refractivity contribution >= 4 is 9.84 Å².